The zero-order valence-electron chi connectivity index (χ0n) is 14.5. The van der Waals surface area contributed by atoms with Gasteiger partial charge in [-0.15, -0.1) is 0 Å². The summed E-state index contributed by atoms with van der Waals surface area (Å²) in [5.74, 6) is 0.413. The molecule has 1 unspecified atom stereocenters. The second kappa shape index (κ2) is 7.32. The van der Waals surface area contributed by atoms with Crippen molar-refractivity contribution in [2.24, 2.45) is 5.92 Å². The van der Waals surface area contributed by atoms with Gasteiger partial charge in [-0.25, -0.2) is 4.98 Å². The Hall–Kier alpha value is -2.26. The number of amides is 1. The van der Waals surface area contributed by atoms with Crippen LogP contribution in [0.15, 0.2) is 35.5 Å². The third-order valence-corrected chi connectivity index (χ3v) is 5.42. The average Bonchev–Trinajstić information content (AvgIpc) is 3.40. The number of imidazole rings is 1. The Morgan fingerprint density at radius 1 is 1.44 bits per heavy atom. The van der Waals surface area contributed by atoms with Crippen LogP contribution in [0.1, 0.15) is 36.7 Å². The first-order valence-electron chi connectivity index (χ1n) is 8.44. The molecule has 0 saturated heterocycles. The summed E-state index contributed by atoms with van der Waals surface area (Å²) in [5.41, 5.74) is 2.48. The van der Waals surface area contributed by atoms with Crippen molar-refractivity contribution < 1.29 is 4.79 Å². The predicted octanol–water partition coefficient (Wildman–Crippen LogP) is 3.21. The van der Waals surface area contributed by atoms with Gasteiger partial charge in [0.15, 0.2) is 5.16 Å². The largest absolute Gasteiger partial charge is 0.337 e. The van der Waals surface area contributed by atoms with E-state index in [-0.39, 0.29) is 17.6 Å². The maximum absolute atomic E-state index is 12.2. The Balaban J connectivity index is 1.56. The molecule has 25 heavy (non-hydrogen) atoms. The minimum absolute atomic E-state index is 0.125. The fourth-order valence-corrected chi connectivity index (χ4v) is 3.58. The fraction of sp³-hybridized carbons (Fsp3) is 0.421. The molecule has 2 aromatic rings. The van der Waals surface area contributed by atoms with Crippen LogP contribution in [-0.2, 0) is 11.2 Å². The Morgan fingerprint density at radius 2 is 2.16 bits per heavy atom. The third-order valence-electron chi connectivity index (χ3n) is 4.54. The van der Waals surface area contributed by atoms with E-state index >= 15 is 0 Å². The van der Waals surface area contributed by atoms with Crippen LogP contribution in [0.2, 0.25) is 0 Å². The Labute approximate surface area is 152 Å². The highest BCUT2D eigenvalue weighted by Crippen LogP contribution is 2.39. The number of benzene rings is 1. The lowest BCUT2D eigenvalue weighted by atomic mass is 9.98. The maximum Gasteiger partial charge on any atom is 0.231 e. The summed E-state index contributed by atoms with van der Waals surface area (Å²) in [6.45, 7) is 3.80. The molecule has 1 fully saturated rings. The van der Waals surface area contributed by atoms with Gasteiger partial charge >= 0.3 is 0 Å². The van der Waals surface area contributed by atoms with Crippen molar-refractivity contribution in [1.82, 2.24) is 15.3 Å². The Kier molecular flexibility index (Phi) is 5.14. The van der Waals surface area contributed by atoms with Gasteiger partial charge in [0.25, 0.3) is 0 Å². The second-order valence-electron chi connectivity index (χ2n) is 6.70. The first-order chi connectivity index (χ1) is 12.0. The molecule has 2 N–H and O–H groups in total. The number of aromatic nitrogens is 2. The van der Waals surface area contributed by atoms with E-state index in [1.54, 1.807) is 0 Å². The molecule has 5 nitrogen and oxygen atoms in total. The van der Waals surface area contributed by atoms with Crippen LogP contribution in [0.5, 0.6) is 0 Å². The van der Waals surface area contributed by atoms with Crippen molar-refractivity contribution in [3.05, 3.63) is 47.3 Å². The molecular formula is C19H22N4OS. The quantitative estimate of drug-likeness (QED) is 0.748. The number of carbonyl (C=O) groups excluding carboxylic acids is 1. The lowest BCUT2D eigenvalue weighted by Gasteiger charge is -2.22. The van der Waals surface area contributed by atoms with Gasteiger partial charge in [-0.3, -0.25) is 4.79 Å². The van der Waals surface area contributed by atoms with Gasteiger partial charge < -0.3 is 10.3 Å². The number of hydrogen-bond donors (Lipinski definition) is 2. The highest BCUT2D eigenvalue weighted by Gasteiger charge is 2.42. The molecule has 1 aliphatic rings. The van der Waals surface area contributed by atoms with Gasteiger partial charge in [0.05, 0.1) is 17.5 Å². The molecule has 0 radical (unpaired) electrons. The van der Waals surface area contributed by atoms with Crippen LogP contribution in [0.4, 0.5) is 0 Å². The van der Waals surface area contributed by atoms with Crippen molar-refractivity contribution in [2.45, 2.75) is 43.8 Å². The molecule has 3 rings (SSSR count). The monoisotopic (exact) mass is 354 g/mol. The fourth-order valence-electron chi connectivity index (χ4n) is 2.84. The summed E-state index contributed by atoms with van der Waals surface area (Å²) in [6.07, 6.45) is 2.79. The molecule has 1 amide bonds. The standard InChI is InChI=1S/C19H22N4OS/c1-13-16(10-14-6-4-3-5-7-14)22-18(21-13)25-11-17(24)23-19(2,12-20)15-8-9-15/h3-7,15H,8-11H2,1-2H3,(H,21,22)(H,23,24). The van der Waals surface area contributed by atoms with Crippen LogP contribution < -0.4 is 5.32 Å². The van der Waals surface area contributed by atoms with E-state index in [2.05, 4.69) is 33.5 Å². The molecule has 6 heteroatoms. The number of aromatic amines is 1. The zero-order chi connectivity index (χ0) is 17.9. The molecule has 1 aliphatic carbocycles. The van der Waals surface area contributed by atoms with E-state index in [1.165, 1.54) is 17.3 Å². The molecule has 1 saturated carbocycles. The zero-order valence-corrected chi connectivity index (χ0v) is 15.3. The smallest absolute Gasteiger partial charge is 0.231 e. The summed E-state index contributed by atoms with van der Waals surface area (Å²) < 4.78 is 0. The molecule has 0 spiro atoms. The topological polar surface area (TPSA) is 81.6 Å². The highest BCUT2D eigenvalue weighted by atomic mass is 32.2. The molecule has 1 atom stereocenters. The number of aryl methyl sites for hydroxylation is 1. The van der Waals surface area contributed by atoms with E-state index in [4.69, 9.17) is 0 Å². The Morgan fingerprint density at radius 3 is 2.80 bits per heavy atom. The van der Waals surface area contributed by atoms with Crippen molar-refractivity contribution >= 4 is 17.7 Å². The van der Waals surface area contributed by atoms with Gasteiger partial charge in [-0.05, 0) is 38.2 Å². The van der Waals surface area contributed by atoms with Crippen molar-refractivity contribution in [1.29, 1.82) is 5.26 Å². The molecular weight excluding hydrogens is 332 g/mol. The van der Waals surface area contributed by atoms with Crippen molar-refractivity contribution in [3.8, 4) is 6.07 Å². The number of nitriles is 1. The number of nitrogens with one attached hydrogen (secondary N) is 2. The number of rotatable bonds is 7. The van der Waals surface area contributed by atoms with Crippen LogP contribution in [0.3, 0.4) is 0 Å². The number of hydrogen-bond acceptors (Lipinski definition) is 4. The first-order valence-corrected chi connectivity index (χ1v) is 9.43. The van der Waals surface area contributed by atoms with Crippen LogP contribution >= 0.6 is 11.8 Å². The summed E-state index contributed by atoms with van der Waals surface area (Å²) in [7, 11) is 0. The van der Waals surface area contributed by atoms with Gasteiger partial charge in [0.1, 0.15) is 5.54 Å². The predicted molar refractivity (Wildman–Crippen MR) is 98.2 cm³/mol. The molecule has 0 bridgehead atoms. The number of thioether (sulfide) groups is 1. The number of nitrogens with zero attached hydrogens (tertiary/aromatic N) is 2. The second-order valence-corrected chi connectivity index (χ2v) is 7.67. The first kappa shape index (κ1) is 17.6. The molecule has 0 aliphatic heterocycles. The minimum atomic E-state index is -0.741. The average molecular weight is 354 g/mol. The van der Waals surface area contributed by atoms with Crippen LogP contribution in [-0.4, -0.2) is 27.2 Å². The molecule has 1 aromatic carbocycles. The van der Waals surface area contributed by atoms with E-state index in [0.29, 0.717) is 0 Å². The maximum atomic E-state index is 12.2. The van der Waals surface area contributed by atoms with Crippen molar-refractivity contribution in [2.75, 3.05) is 5.75 Å². The van der Waals surface area contributed by atoms with Gasteiger partial charge in [0.2, 0.25) is 5.91 Å². The summed E-state index contributed by atoms with van der Waals surface area (Å²) >= 11 is 1.37. The van der Waals surface area contributed by atoms with E-state index in [1.807, 2.05) is 32.0 Å². The summed E-state index contributed by atoms with van der Waals surface area (Å²) in [4.78, 5) is 20.0. The lowest BCUT2D eigenvalue weighted by molar-refractivity contribution is -0.119. The van der Waals surface area contributed by atoms with E-state index < -0.39 is 5.54 Å². The number of carbonyl (C=O) groups is 1. The van der Waals surface area contributed by atoms with E-state index in [0.717, 1.165) is 35.8 Å². The normalized spacial score (nSPS) is 16.0. The lowest BCUT2D eigenvalue weighted by Crippen LogP contribution is -2.47. The van der Waals surface area contributed by atoms with Gasteiger partial charge in [-0.1, -0.05) is 42.1 Å². The summed E-state index contributed by atoms with van der Waals surface area (Å²) in [5, 5.41) is 12.9. The van der Waals surface area contributed by atoms with Gasteiger partial charge in [0, 0.05) is 12.1 Å². The Bertz CT molecular complexity index is 792. The van der Waals surface area contributed by atoms with Crippen LogP contribution in [0, 0.1) is 24.2 Å². The van der Waals surface area contributed by atoms with E-state index in [9.17, 15) is 10.1 Å². The molecule has 1 aromatic heterocycles. The minimum Gasteiger partial charge on any atom is -0.337 e. The molecule has 1 heterocycles. The van der Waals surface area contributed by atoms with Crippen molar-refractivity contribution in [3.63, 3.8) is 0 Å². The molecule has 130 valence electrons. The highest BCUT2D eigenvalue weighted by molar-refractivity contribution is 7.99. The SMILES string of the molecule is Cc1[nH]c(SCC(=O)NC(C)(C#N)C2CC2)nc1Cc1ccccc1. The van der Waals surface area contributed by atoms with Gasteiger partial charge in [-0.2, -0.15) is 5.26 Å². The summed E-state index contributed by atoms with van der Waals surface area (Å²) in [6, 6.07) is 12.4. The third kappa shape index (κ3) is 4.43. The van der Waals surface area contributed by atoms with Crippen LogP contribution in [0.25, 0.3) is 0 Å². The number of H-pyrrole nitrogens is 1.